The molecule has 0 fully saturated rings. The van der Waals surface area contributed by atoms with Crippen molar-refractivity contribution in [3.63, 3.8) is 0 Å². The van der Waals surface area contributed by atoms with Gasteiger partial charge in [-0.2, -0.15) is 0 Å². The minimum absolute atomic E-state index is 0.0333. The van der Waals surface area contributed by atoms with Crippen LogP contribution < -0.4 is 4.72 Å². The summed E-state index contributed by atoms with van der Waals surface area (Å²) >= 11 is 0. The van der Waals surface area contributed by atoms with Crippen LogP contribution in [0.25, 0.3) is 0 Å². The van der Waals surface area contributed by atoms with Crippen molar-refractivity contribution in [3.8, 4) is 0 Å². The molecule has 2 aromatic rings. The van der Waals surface area contributed by atoms with Crippen LogP contribution in [0.1, 0.15) is 23.7 Å². The molecule has 0 aliphatic rings. The molecule has 23 heavy (non-hydrogen) atoms. The Morgan fingerprint density at radius 3 is 2.22 bits per heavy atom. The van der Waals surface area contributed by atoms with Gasteiger partial charge in [-0.3, -0.25) is 0 Å². The fraction of sp³-hybridized carbons (Fsp3) is 0.250. The maximum Gasteiger partial charge on any atom is 0.215 e. The number of nitrogens with one attached hydrogen (secondary N) is 1. The van der Waals surface area contributed by atoms with Gasteiger partial charge in [-0.05, 0) is 24.1 Å². The van der Waals surface area contributed by atoms with E-state index in [-0.39, 0.29) is 13.0 Å². The normalized spacial score (nSPS) is 13.0. The average molecular weight is 341 g/mol. The van der Waals surface area contributed by atoms with Crippen LogP contribution >= 0.6 is 0 Å². The highest BCUT2D eigenvalue weighted by molar-refractivity contribution is 7.88. The maximum absolute atomic E-state index is 13.5. The topological polar surface area (TPSA) is 66.4 Å². The molecule has 0 aliphatic heterocycles. The number of benzene rings is 2. The SMILES string of the molecule is O=S(=O)(Cc1c(F)cccc1F)NCC[C@@H](O)c1ccccc1. The van der Waals surface area contributed by atoms with Crippen LogP contribution in [0, 0.1) is 11.6 Å². The molecule has 124 valence electrons. The van der Waals surface area contributed by atoms with E-state index in [2.05, 4.69) is 4.72 Å². The number of sulfonamides is 1. The molecule has 4 nitrogen and oxygen atoms in total. The number of hydrogen-bond donors (Lipinski definition) is 2. The molecule has 0 heterocycles. The molecule has 0 saturated heterocycles. The van der Waals surface area contributed by atoms with Crippen LogP contribution in [0.2, 0.25) is 0 Å². The highest BCUT2D eigenvalue weighted by Gasteiger charge is 2.18. The second kappa shape index (κ2) is 7.63. The smallest absolute Gasteiger partial charge is 0.215 e. The lowest BCUT2D eigenvalue weighted by Gasteiger charge is -2.12. The van der Waals surface area contributed by atoms with Gasteiger partial charge in [0.2, 0.25) is 10.0 Å². The Hall–Kier alpha value is -1.83. The highest BCUT2D eigenvalue weighted by atomic mass is 32.2. The van der Waals surface area contributed by atoms with Crippen LogP contribution in [-0.4, -0.2) is 20.1 Å². The lowest BCUT2D eigenvalue weighted by atomic mass is 10.1. The van der Waals surface area contributed by atoms with Crippen molar-refractivity contribution >= 4 is 10.0 Å². The third kappa shape index (κ3) is 5.09. The zero-order valence-corrected chi connectivity index (χ0v) is 13.1. The zero-order valence-electron chi connectivity index (χ0n) is 12.2. The van der Waals surface area contributed by atoms with Gasteiger partial charge in [-0.1, -0.05) is 36.4 Å². The summed E-state index contributed by atoms with van der Waals surface area (Å²) in [5, 5.41) is 9.94. The third-order valence-corrected chi connectivity index (χ3v) is 4.63. The summed E-state index contributed by atoms with van der Waals surface area (Å²) in [6, 6.07) is 12.0. The summed E-state index contributed by atoms with van der Waals surface area (Å²) in [5.41, 5.74) is 0.176. The van der Waals surface area contributed by atoms with Crippen LogP contribution in [0.5, 0.6) is 0 Å². The highest BCUT2D eigenvalue weighted by Crippen LogP contribution is 2.17. The molecule has 2 aromatic carbocycles. The molecule has 0 unspecified atom stereocenters. The lowest BCUT2D eigenvalue weighted by Crippen LogP contribution is -2.27. The van der Waals surface area contributed by atoms with Crippen molar-refractivity contribution < 1.29 is 22.3 Å². The molecule has 0 bridgehead atoms. The molecule has 0 amide bonds. The Labute approximate surface area is 133 Å². The Morgan fingerprint density at radius 2 is 1.61 bits per heavy atom. The molecule has 0 aromatic heterocycles. The molecule has 0 aliphatic carbocycles. The van der Waals surface area contributed by atoms with Gasteiger partial charge in [0.25, 0.3) is 0 Å². The molecule has 1 atom stereocenters. The first-order valence-electron chi connectivity index (χ1n) is 7.02. The van der Waals surface area contributed by atoms with Gasteiger partial charge >= 0.3 is 0 Å². The van der Waals surface area contributed by atoms with E-state index in [0.29, 0.717) is 5.56 Å². The first-order valence-corrected chi connectivity index (χ1v) is 8.67. The van der Waals surface area contributed by atoms with Gasteiger partial charge < -0.3 is 5.11 Å². The molecule has 7 heteroatoms. The van der Waals surface area contributed by atoms with Gasteiger partial charge in [0.1, 0.15) is 11.6 Å². The summed E-state index contributed by atoms with van der Waals surface area (Å²) in [5.74, 6) is -2.59. The van der Waals surface area contributed by atoms with Gasteiger partial charge in [-0.25, -0.2) is 21.9 Å². The second-order valence-electron chi connectivity index (χ2n) is 5.07. The minimum Gasteiger partial charge on any atom is -0.388 e. The van der Waals surface area contributed by atoms with Gasteiger partial charge in [0.15, 0.2) is 0 Å². The van der Waals surface area contributed by atoms with Crippen molar-refractivity contribution in [2.45, 2.75) is 18.3 Å². The Balaban J connectivity index is 1.92. The molecule has 0 spiro atoms. The largest absolute Gasteiger partial charge is 0.388 e. The molecule has 0 radical (unpaired) electrons. The summed E-state index contributed by atoms with van der Waals surface area (Å²) < 4.78 is 53.0. The van der Waals surface area contributed by atoms with Crippen molar-refractivity contribution in [1.29, 1.82) is 0 Å². The van der Waals surface area contributed by atoms with E-state index in [1.54, 1.807) is 24.3 Å². The Kier molecular flexibility index (Phi) is 5.81. The van der Waals surface area contributed by atoms with E-state index in [4.69, 9.17) is 0 Å². The van der Waals surface area contributed by atoms with E-state index in [1.807, 2.05) is 6.07 Å². The molecule has 2 N–H and O–H groups in total. The zero-order chi connectivity index (χ0) is 16.9. The van der Waals surface area contributed by atoms with Crippen molar-refractivity contribution in [2.75, 3.05) is 6.54 Å². The number of aliphatic hydroxyl groups excluding tert-OH is 1. The van der Waals surface area contributed by atoms with E-state index in [0.717, 1.165) is 12.1 Å². The number of hydrogen-bond acceptors (Lipinski definition) is 3. The molecule has 2 rings (SSSR count). The summed E-state index contributed by atoms with van der Waals surface area (Å²) in [6.07, 6.45) is -0.660. The molecular weight excluding hydrogens is 324 g/mol. The standard InChI is InChI=1S/C16H17F2NO3S/c17-14-7-4-8-15(18)13(14)11-23(21,22)19-10-9-16(20)12-5-2-1-3-6-12/h1-8,16,19-20H,9-11H2/t16-/m1/s1. The predicted octanol–water partition coefficient (Wildman–Crippen LogP) is 2.51. The summed E-state index contributed by atoms with van der Waals surface area (Å²) in [7, 11) is -3.90. The third-order valence-electron chi connectivity index (χ3n) is 3.32. The monoisotopic (exact) mass is 341 g/mol. The minimum atomic E-state index is -3.90. The van der Waals surface area contributed by atoms with Crippen LogP contribution in [-0.2, 0) is 15.8 Å². The summed E-state index contributed by atoms with van der Waals surface area (Å²) in [4.78, 5) is 0. The Morgan fingerprint density at radius 1 is 1.00 bits per heavy atom. The molecule has 0 saturated carbocycles. The number of rotatable bonds is 7. The lowest BCUT2D eigenvalue weighted by molar-refractivity contribution is 0.169. The summed E-state index contributed by atoms with van der Waals surface area (Å²) in [6.45, 7) is -0.0333. The van der Waals surface area contributed by atoms with Gasteiger partial charge in [-0.15, -0.1) is 0 Å². The predicted molar refractivity (Wildman–Crippen MR) is 83.0 cm³/mol. The van der Waals surface area contributed by atoms with Crippen LogP contribution in [0.3, 0.4) is 0 Å². The van der Waals surface area contributed by atoms with Crippen LogP contribution in [0.15, 0.2) is 48.5 Å². The molecular formula is C16H17F2NO3S. The average Bonchev–Trinajstić information content (AvgIpc) is 2.52. The van der Waals surface area contributed by atoms with Crippen LogP contribution in [0.4, 0.5) is 8.78 Å². The first kappa shape index (κ1) is 17.5. The fourth-order valence-electron chi connectivity index (χ4n) is 2.10. The first-order chi connectivity index (χ1) is 10.9. The number of halogens is 2. The maximum atomic E-state index is 13.5. The van der Waals surface area contributed by atoms with Gasteiger partial charge in [0, 0.05) is 12.1 Å². The van der Waals surface area contributed by atoms with Crippen molar-refractivity contribution in [1.82, 2.24) is 4.72 Å². The van der Waals surface area contributed by atoms with E-state index in [9.17, 15) is 22.3 Å². The Bertz CT molecular complexity index is 731. The van der Waals surface area contributed by atoms with Crippen molar-refractivity contribution in [2.24, 2.45) is 0 Å². The fourth-order valence-corrected chi connectivity index (χ4v) is 3.29. The number of aliphatic hydroxyl groups is 1. The second-order valence-corrected chi connectivity index (χ2v) is 6.88. The van der Waals surface area contributed by atoms with Gasteiger partial charge in [0.05, 0.1) is 11.9 Å². The van der Waals surface area contributed by atoms with Crippen molar-refractivity contribution in [3.05, 3.63) is 71.3 Å². The van der Waals surface area contributed by atoms with E-state index < -0.39 is 39.1 Å². The quantitative estimate of drug-likeness (QED) is 0.813. The van der Waals surface area contributed by atoms with E-state index >= 15 is 0 Å². The van der Waals surface area contributed by atoms with E-state index in [1.165, 1.54) is 6.07 Å².